The minimum absolute atomic E-state index is 0.0730. The maximum Gasteiger partial charge on any atom is 0.573 e. The van der Waals surface area contributed by atoms with E-state index < -0.39 is 12.5 Å². The van der Waals surface area contributed by atoms with E-state index in [9.17, 15) is 18.0 Å². The topological polar surface area (TPSA) is 50.8 Å². The highest BCUT2D eigenvalue weighted by Crippen LogP contribution is 2.45. The predicted molar refractivity (Wildman–Crippen MR) is 126 cm³/mol. The third-order valence-electron chi connectivity index (χ3n) is 7.81. The molecule has 1 N–H and O–H groups in total. The summed E-state index contributed by atoms with van der Waals surface area (Å²) in [5, 5.41) is 3.12. The summed E-state index contributed by atoms with van der Waals surface area (Å²) in [6.07, 6.45) is -1.51. The van der Waals surface area contributed by atoms with E-state index in [1.807, 2.05) is 12.1 Å². The van der Waals surface area contributed by atoms with Crippen LogP contribution in [0.5, 0.6) is 5.75 Å². The summed E-state index contributed by atoms with van der Waals surface area (Å²) in [5.74, 6) is 0.200. The van der Waals surface area contributed by atoms with Crippen molar-refractivity contribution < 1.29 is 27.4 Å². The average Bonchev–Trinajstić information content (AvgIpc) is 2.81. The molecule has 2 aromatic carbocycles. The lowest BCUT2D eigenvalue weighted by Crippen LogP contribution is -2.53. The number of halogens is 3. The monoisotopic (exact) mass is 488 g/mol. The van der Waals surface area contributed by atoms with Crippen LogP contribution < -0.4 is 10.1 Å². The zero-order valence-corrected chi connectivity index (χ0v) is 20.0. The van der Waals surface area contributed by atoms with E-state index in [0.717, 1.165) is 56.4 Å². The van der Waals surface area contributed by atoms with Crippen LogP contribution in [0.2, 0.25) is 0 Å². The number of fused-ring (bicyclic) bond motifs is 4. The first-order valence-electron chi connectivity index (χ1n) is 12.3. The van der Waals surface area contributed by atoms with Crippen molar-refractivity contribution in [1.82, 2.24) is 10.2 Å². The zero-order chi connectivity index (χ0) is 24.8. The van der Waals surface area contributed by atoms with Gasteiger partial charge in [0.25, 0.3) is 0 Å². The van der Waals surface area contributed by atoms with Gasteiger partial charge in [-0.1, -0.05) is 50.2 Å². The van der Waals surface area contributed by atoms with Gasteiger partial charge in [-0.2, -0.15) is 0 Å². The second-order valence-corrected chi connectivity index (χ2v) is 10.6. The number of aryl methyl sites for hydroxylation is 1. The number of alkyl halides is 3. The van der Waals surface area contributed by atoms with Crippen LogP contribution in [-0.2, 0) is 11.2 Å². The van der Waals surface area contributed by atoms with E-state index in [4.69, 9.17) is 4.74 Å². The van der Waals surface area contributed by atoms with Gasteiger partial charge in [-0.25, -0.2) is 4.79 Å². The van der Waals surface area contributed by atoms with Crippen molar-refractivity contribution in [3.63, 3.8) is 0 Å². The SMILES string of the molecule is CC1(C)CCc2cc(-c3ccccc3OC(F)(F)F)ccc2C1NC(=O)O[C@@H]1CN2CCC1CC2. The Hall–Kier alpha value is -2.74. The lowest BCUT2D eigenvalue weighted by molar-refractivity contribution is -0.274. The zero-order valence-electron chi connectivity index (χ0n) is 20.0. The molecular formula is C27H31F3N2O3. The highest BCUT2D eigenvalue weighted by molar-refractivity contribution is 5.72. The van der Waals surface area contributed by atoms with Gasteiger partial charge in [0.2, 0.25) is 0 Å². The Morgan fingerprint density at radius 3 is 2.54 bits per heavy atom. The van der Waals surface area contributed by atoms with Crippen LogP contribution in [0.15, 0.2) is 42.5 Å². The van der Waals surface area contributed by atoms with Crippen LogP contribution in [-0.4, -0.2) is 43.1 Å². The molecule has 0 radical (unpaired) electrons. The van der Waals surface area contributed by atoms with Crippen LogP contribution in [0.3, 0.4) is 0 Å². The second kappa shape index (κ2) is 9.04. The molecule has 3 fully saturated rings. The second-order valence-electron chi connectivity index (χ2n) is 10.6. The summed E-state index contributed by atoms with van der Waals surface area (Å²) in [6.45, 7) is 7.19. The molecule has 1 unspecified atom stereocenters. The van der Waals surface area contributed by atoms with E-state index in [1.165, 1.54) is 12.1 Å². The molecule has 1 aliphatic carbocycles. The molecule has 0 spiro atoms. The fourth-order valence-electron chi connectivity index (χ4n) is 5.82. The van der Waals surface area contributed by atoms with Gasteiger partial charge in [0.15, 0.2) is 0 Å². The fourth-order valence-corrected chi connectivity index (χ4v) is 5.82. The molecule has 8 heteroatoms. The van der Waals surface area contributed by atoms with Crippen LogP contribution in [0.25, 0.3) is 11.1 Å². The molecule has 3 saturated heterocycles. The Kier molecular flexibility index (Phi) is 6.20. The number of nitrogens with one attached hydrogen (secondary N) is 1. The van der Waals surface area contributed by atoms with Gasteiger partial charge < -0.3 is 14.8 Å². The lowest BCUT2D eigenvalue weighted by atomic mass is 9.70. The summed E-state index contributed by atoms with van der Waals surface area (Å²) < 4.78 is 48.9. The van der Waals surface area contributed by atoms with Gasteiger partial charge in [-0.15, -0.1) is 13.2 Å². The molecule has 35 heavy (non-hydrogen) atoms. The summed E-state index contributed by atoms with van der Waals surface area (Å²) in [4.78, 5) is 15.3. The number of benzene rings is 2. The third-order valence-corrected chi connectivity index (χ3v) is 7.81. The maximum absolute atomic E-state index is 12.9. The molecule has 4 aliphatic rings. The number of nitrogens with zero attached hydrogens (tertiary/aromatic N) is 1. The quantitative estimate of drug-likeness (QED) is 0.566. The normalized spacial score (nSPS) is 27.1. The van der Waals surface area contributed by atoms with E-state index in [0.29, 0.717) is 17.0 Å². The van der Waals surface area contributed by atoms with Crippen molar-refractivity contribution in [3.05, 3.63) is 53.6 Å². The Labute approximate surface area is 203 Å². The molecule has 188 valence electrons. The number of amides is 1. The standard InChI is InChI=1S/C27H31F3N2O3/c1-26(2)12-9-19-15-18(20-5-3-4-6-22(20)35-27(28,29)30)7-8-21(19)24(26)31-25(33)34-23-16-32-13-10-17(23)11-14-32/h3-8,15,17,23-24H,9-14,16H2,1-2H3,(H,31,33)/t23-,24?/m1/s1. The molecule has 3 heterocycles. The van der Waals surface area contributed by atoms with E-state index >= 15 is 0 Å². The number of carbonyl (C=O) groups excluding carboxylic acids is 1. The average molecular weight is 489 g/mol. The Bertz CT molecular complexity index is 1090. The van der Waals surface area contributed by atoms with Gasteiger partial charge in [0, 0.05) is 12.1 Å². The van der Waals surface area contributed by atoms with Crippen molar-refractivity contribution in [1.29, 1.82) is 0 Å². The van der Waals surface area contributed by atoms with E-state index in [1.54, 1.807) is 18.2 Å². The molecule has 5 nitrogen and oxygen atoms in total. The minimum Gasteiger partial charge on any atom is -0.445 e. The summed E-state index contributed by atoms with van der Waals surface area (Å²) in [7, 11) is 0. The largest absolute Gasteiger partial charge is 0.573 e. The number of piperidine rings is 3. The number of ether oxygens (including phenoxy) is 2. The van der Waals surface area contributed by atoms with Crippen LogP contribution in [0, 0.1) is 11.3 Å². The minimum atomic E-state index is -4.77. The fraction of sp³-hybridized carbons (Fsp3) is 0.519. The summed E-state index contributed by atoms with van der Waals surface area (Å²) in [6, 6.07) is 11.5. The first-order valence-corrected chi connectivity index (χ1v) is 12.3. The van der Waals surface area contributed by atoms with Crippen LogP contribution in [0.1, 0.15) is 50.3 Å². The first kappa shape index (κ1) is 24.0. The van der Waals surface area contributed by atoms with Gasteiger partial charge in [0.1, 0.15) is 11.9 Å². The molecule has 1 amide bonds. The molecule has 6 rings (SSSR count). The Morgan fingerprint density at radius 1 is 1.11 bits per heavy atom. The Morgan fingerprint density at radius 2 is 1.86 bits per heavy atom. The molecule has 0 saturated carbocycles. The van der Waals surface area contributed by atoms with E-state index in [-0.39, 0.29) is 23.3 Å². The van der Waals surface area contributed by atoms with Crippen molar-refractivity contribution >= 4 is 6.09 Å². The number of hydrogen-bond donors (Lipinski definition) is 1. The molecular weight excluding hydrogens is 457 g/mol. The van der Waals surface area contributed by atoms with E-state index in [2.05, 4.69) is 28.8 Å². The number of rotatable bonds is 4. The van der Waals surface area contributed by atoms with Crippen LogP contribution in [0.4, 0.5) is 18.0 Å². The number of alkyl carbamates (subject to hydrolysis) is 1. The van der Waals surface area contributed by atoms with Gasteiger partial charge in [0.05, 0.1) is 6.04 Å². The number of carbonyl (C=O) groups is 1. The number of hydrogen-bond acceptors (Lipinski definition) is 4. The molecule has 3 aliphatic heterocycles. The third kappa shape index (κ3) is 5.13. The van der Waals surface area contributed by atoms with Gasteiger partial charge in [-0.05, 0) is 72.9 Å². The molecule has 2 aromatic rings. The van der Waals surface area contributed by atoms with Gasteiger partial charge in [-0.3, -0.25) is 4.90 Å². The molecule has 0 aromatic heterocycles. The van der Waals surface area contributed by atoms with Crippen molar-refractivity contribution in [2.24, 2.45) is 11.3 Å². The lowest BCUT2D eigenvalue weighted by Gasteiger charge is -2.44. The molecule has 2 atom stereocenters. The smallest absolute Gasteiger partial charge is 0.445 e. The number of para-hydroxylation sites is 1. The van der Waals surface area contributed by atoms with Crippen molar-refractivity contribution in [2.45, 2.75) is 58.0 Å². The predicted octanol–water partition coefficient (Wildman–Crippen LogP) is 6.09. The summed E-state index contributed by atoms with van der Waals surface area (Å²) >= 11 is 0. The highest BCUT2D eigenvalue weighted by atomic mass is 19.4. The van der Waals surface area contributed by atoms with Crippen molar-refractivity contribution in [2.75, 3.05) is 19.6 Å². The highest BCUT2D eigenvalue weighted by Gasteiger charge is 2.40. The van der Waals surface area contributed by atoms with Crippen LogP contribution >= 0.6 is 0 Å². The Balaban J connectivity index is 1.37. The van der Waals surface area contributed by atoms with Crippen molar-refractivity contribution in [3.8, 4) is 16.9 Å². The molecule has 2 bridgehead atoms. The first-order chi connectivity index (χ1) is 16.6. The van der Waals surface area contributed by atoms with Gasteiger partial charge >= 0.3 is 12.5 Å². The summed E-state index contributed by atoms with van der Waals surface area (Å²) in [5.41, 5.74) is 2.82. The maximum atomic E-state index is 12.9.